The molecule has 2 heterocycles. The molecule has 0 atom stereocenters. The van der Waals surface area contributed by atoms with Gasteiger partial charge in [-0.2, -0.15) is 0 Å². The number of carboxylic acid groups (broad SMARTS) is 1. The summed E-state index contributed by atoms with van der Waals surface area (Å²) in [6.45, 7) is 6.06. The highest BCUT2D eigenvalue weighted by atomic mass is 32.1. The summed E-state index contributed by atoms with van der Waals surface area (Å²) in [6.07, 6.45) is 5.32. The minimum atomic E-state index is -1.04. The third-order valence-electron chi connectivity index (χ3n) is 6.37. The Bertz CT molecular complexity index is 1190. The number of rotatable bonds is 7. The number of hydrogen-bond donors (Lipinski definition) is 2. The van der Waals surface area contributed by atoms with E-state index in [1.807, 2.05) is 32.0 Å². The summed E-state index contributed by atoms with van der Waals surface area (Å²) in [5, 5.41) is 12.8. The molecular weight excluding hydrogens is 482 g/mol. The zero-order chi connectivity index (χ0) is 25.1. The lowest BCUT2D eigenvalue weighted by atomic mass is 9.82. The van der Waals surface area contributed by atoms with Crippen LogP contribution in [0.25, 0.3) is 10.4 Å². The Morgan fingerprint density at radius 1 is 1.09 bits per heavy atom. The molecule has 7 nitrogen and oxygen atoms in total. The first-order valence-electron chi connectivity index (χ1n) is 11.8. The van der Waals surface area contributed by atoms with Crippen molar-refractivity contribution in [3.63, 3.8) is 0 Å². The Labute approximate surface area is 213 Å². The van der Waals surface area contributed by atoms with Crippen LogP contribution >= 0.6 is 22.9 Å². The zero-order valence-electron chi connectivity index (χ0n) is 20.0. The van der Waals surface area contributed by atoms with E-state index in [0.29, 0.717) is 22.2 Å². The van der Waals surface area contributed by atoms with Gasteiger partial charge in [0.1, 0.15) is 9.75 Å². The molecule has 0 aliphatic heterocycles. The molecular formula is C26H29N3O4S2. The molecule has 1 fully saturated rings. The van der Waals surface area contributed by atoms with E-state index in [1.165, 1.54) is 0 Å². The lowest BCUT2D eigenvalue weighted by Gasteiger charge is -2.33. The standard InChI is InChI=1S/C26H29N3O4S2/c1-15(2)29(25(31)18-6-4-16(3)5-7-18)20-14-22(34-23(20)26(32)33)17-8-10-19(11-9-17)28-24(30)21-12-13-27-35-21/h8-16,18H,4-7H2,1-3H3,(H,28,30)(H,32,33)/t16-,18-. The molecule has 3 aromatic rings. The number of thiophene rings is 1. The van der Waals surface area contributed by atoms with E-state index < -0.39 is 5.97 Å². The van der Waals surface area contributed by atoms with Crippen LogP contribution in [0.4, 0.5) is 11.4 Å². The second-order valence-electron chi connectivity index (χ2n) is 9.30. The molecule has 0 spiro atoms. The van der Waals surface area contributed by atoms with Gasteiger partial charge in [0.2, 0.25) is 5.91 Å². The lowest BCUT2D eigenvalue weighted by Crippen LogP contribution is -2.42. The summed E-state index contributed by atoms with van der Waals surface area (Å²) in [6, 6.07) is 10.5. The fourth-order valence-electron chi connectivity index (χ4n) is 4.45. The topological polar surface area (TPSA) is 99.6 Å². The fraction of sp³-hybridized carbons (Fsp3) is 0.385. The van der Waals surface area contributed by atoms with Crippen LogP contribution in [0.3, 0.4) is 0 Å². The largest absolute Gasteiger partial charge is 0.477 e. The Kier molecular flexibility index (Phi) is 7.66. The second kappa shape index (κ2) is 10.7. The summed E-state index contributed by atoms with van der Waals surface area (Å²) in [4.78, 5) is 41.0. The van der Waals surface area contributed by atoms with E-state index in [4.69, 9.17) is 0 Å². The van der Waals surface area contributed by atoms with Gasteiger partial charge in [-0.05, 0) is 86.8 Å². The van der Waals surface area contributed by atoms with E-state index >= 15 is 0 Å². The quantitative estimate of drug-likeness (QED) is 0.383. The molecule has 4 rings (SSSR count). The molecule has 0 radical (unpaired) electrons. The van der Waals surface area contributed by atoms with E-state index in [1.54, 1.807) is 29.3 Å². The monoisotopic (exact) mass is 511 g/mol. The highest BCUT2D eigenvalue weighted by molar-refractivity contribution is 7.18. The van der Waals surface area contributed by atoms with E-state index in [9.17, 15) is 19.5 Å². The number of amides is 2. The maximum Gasteiger partial charge on any atom is 0.348 e. The Morgan fingerprint density at radius 2 is 1.77 bits per heavy atom. The van der Waals surface area contributed by atoms with Crippen molar-refractivity contribution in [2.75, 3.05) is 10.2 Å². The molecule has 0 bridgehead atoms. The number of carbonyl (C=O) groups excluding carboxylic acids is 2. The normalized spacial score (nSPS) is 17.8. The number of anilines is 2. The van der Waals surface area contributed by atoms with Crippen LogP contribution in [-0.2, 0) is 4.79 Å². The van der Waals surface area contributed by atoms with Crippen molar-refractivity contribution in [1.29, 1.82) is 0 Å². The number of aromatic carboxylic acids is 1. The van der Waals surface area contributed by atoms with Crippen LogP contribution < -0.4 is 10.2 Å². The molecule has 35 heavy (non-hydrogen) atoms. The molecule has 1 aliphatic rings. The number of aromatic nitrogens is 1. The highest BCUT2D eigenvalue weighted by Crippen LogP contribution is 2.40. The summed E-state index contributed by atoms with van der Waals surface area (Å²) in [5.41, 5.74) is 1.91. The molecule has 2 aromatic heterocycles. The average molecular weight is 512 g/mol. The van der Waals surface area contributed by atoms with Gasteiger partial charge in [-0.15, -0.1) is 11.3 Å². The first-order chi connectivity index (χ1) is 16.7. The van der Waals surface area contributed by atoms with Crippen LogP contribution in [0.15, 0.2) is 42.6 Å². The number of nitrogens with zero attached hydrogens (tertiary/aromatic N) is 2. The van der Waals surface area contributed by atoms with Gasteiger partial charge in [-0.25, -0.2) is 9.17 Å². The van der Waals surface area contributed by atoms with Crippen LogP contribution in [0, 0.1) is 11.8 Å². The van der Waals surface area contributed by atoms with E-state index in [-0.39, 0.29) is 28.7 Å². The van der Waals surface area contributed by atoms with E-state index in [2.05, 4.69) is 16.6 Å². The Hall–Kier alpha value is -3.04. The van der Waals surface area contributed by atoms with E-state index in [0.717, 1.165) is 59.0 Å². The predicted octanol–water partition coefficient (Wildman–Crippen LogP) is 6.39. The Balaban J connectivity index is 1.59. The van der Waals surface area contributed by atoms with Crippen LogP contribution in [0.5, 0.6) is 0 Å². The van der Waals surface area contributed by atoms with Gasteiger partial charge in [-0.1, -0.05) is 19.1 Å². The molecule has 2 amide bonds. The maximum absolute atomic E-state index is 13.5. The smallest absolute Gasteiger partial charge is 0.348 e. The van der Waals surface area contributed by atoms with Gasteiger partial charge in [0.05, 0.1) is 5.69 Å². The van der Waals surface area contributed by atoms with Crippen LogP contribution in [-0.4, -0.2) is 33.3 Å². The Morgan fingerprint density at radius 3 is 2.34 bits per heavy atom. The third kappa shape index (κ3) is 5.62. The van der Waals surface area contributed by atoms with Crippen molar-refractivity contribution < 1.29 is 19.5 Å². The minimum Gasteiger partial charge on any atom is -0.477 e. The third-order valence-corrected chi connectivity index (χ3v) is 8.28. The van der Waals surface area contributed by atoms with Crippen LogP contribution in [0.2, 0.25) is 0 Å². The summed E-state index contributed by atoms with van der Waals surface area (Å²) < 4.78 is 3.94. The minimum absolute atomic E-state index is 0.0138. The first kappa shape index (κ1) is 25.1. The van der Waals surface area contributed by atoms with Crippen molar-refractivity contribution in [3.8, 4) is 10.4 Å². The number of nitrogens with one attached hydrogen (secondary N) is 1. The van der Waals surface area contributed by atoms with Crippen LogP contribution in [0.1, 0.15) is 65.8 Å². The number of carbonyl (C=O) groups is 3. The number of benzene rings is 1. The van der Waals surface area contributed by atoms with Gasteiger partial charge >= 0.3 is 5.97 Å². The first-order valence-corrected chi connectivity index (χ1v) is 13.4. The van der Waals surface area contributed by atoms with Gasteiger partial charge in [-0.3, -0.25) is 9.59 Å². The van der Waals surface area contributed by atoms with Gasteiger partial charge in [0, 0.05) is 28.7 Å². The number of hydrogen-bond acceptors (Lipinski definition) is 6. The summed E-state index contributed by atoms with van der Waals surface area (Å²) >= 11 is 2.29. The predicted molar refractivity (Wildman–Crippen MR) is 141 cm³/mol. The van der Waals surface area contributed by atoms with Crippen molar-refractivity contribution >= 4 is 52.0 Å². The summed E-state index contributed by atoms with van der Waals surface area (Å²) in [7, 11) is 0. The molecule has 184 valence electrons. The average Bonchev–Trinajstić information content (AvgIpc) is 3.51. The SMILES string of the molecule is CC(C)N(c1cc(-c2ccc(NC(=O)c3ccns3)cc2)sc1C(=O)O)C(=O)[C@H]1CC[C@H](C)CC1. The molecule has 1 saturated carbocycles. The second-order valence-corrected chi connectivity index (χ2v) is 11.2. The van der Waals surface area contributed by atoms with Crippen molar-refractivity contribution in [1.82, 2.24) is 4.37 Å². The lowest BCUT2D eigenvalue weighted by molar-refractivity contribution is -0.123. The van der Waals surface area contributed by atoms with Gasteiger partial charge < -0.3 is 15.3 Å². The molecule has 0 unspecified atom stereocenters. The molecule has 0 saturated heterocycles. The zero-order valence-corrected chi connectivity index (χ0v) is 21.6. The molecule has 1 aromatic carbocycles. The van der Waals surface area contributed by atoms with Gasteiger partial charge in [0.25, 0.3) is 5.91 Å². The van der Waals surface area contributed by atoms with Crippen molar-refractivity contribution in [3.05, 3.63) is 52.3 Å². The fourth-order valence-corrected chi connectivity index (χ4v) is 5.94. The summed E-state index contributed by atoms with van der Waals surface area (Å²) in [5.74, 6) is -0.695. The van der Waals surface area contributed by atoms with Crippen molar-refractivity contribution in [2.24, 2.45) is 11.8 Å². The van der Waals surface area contributed by atoms with Gasteiger partial charge in [0.15, 0.2) is 0 Å². The molecule has 2 N–H and O–H groups in total. The highest BCUT2D eigenvalue weighted by Gasteiger charge is 2.33. The maximum atomic E-state index is 13.5. The van der Waals surface area contributed by atoms with Crippen molar-refractivity contribution in [2.45, 2.75) is 52.5 Å². The molecule has 9 heteroatoms. The molecule has 1 aliphatic carbocycles. The number of carboxylic acids is 1.